The van der Waals surface area contributed by atoms with Gasteiger partial charge in [-0.25, -0.2) is 0 Å². The molecule has 0 bridgehead atoms. The van der Waals surface area contributed by atoms with E-state index in [0.29, 0.717) is 18.0 Å². The average Bonchev–Trinajstić information content (AvgIpc) is 2.41. The first-order valence-electron chi connectivity index (χ1n) is 7.35. The van der Waals surface area contributed by atoms with Crippen molar-refractivity contribution in [2.45, 2.75) is 52.7 Å². The minimum Gasteiger partial charge on any atom is -0.311 e. The minimum absolute atomic E-state index is 0.589. The Balaban J connectivity index is 2.06. The maximum Gasteiger partial charge on any atom is 0.0727 e. The molecule has 1 aromatic rings. The first-order valence-corrected chi connectivity index (χ1v) is 7.35. The van der Waals surface area contributed by atoms with Crippen molar-refractivity contribution < 1.29 is 0 Å². The highest BCUT2D eigenvalue weighted by molar-refractivity contribution is 5.02. The molecule has 0 aliphatic carbocycles. The van der Waals surface area contributed by atoms with Crippen LogP contribution in [-0.4, -0.2) is 40.0 Å². The molecule has 2 atom stereocenters. The number of hydrogen-bond donors (Lipinski definition) is 1. The second-order valence-electron chi connectivity index (χ2n) is 5.90. The largest absolute Gasteiger partial charge is 0.311 e. The lowest BCUT2D eigenvalue weighted by Crippen LogP contribution is -2.57. The van der Waals surface area contributed by atoms with Crippen molar-refractivity contribution in [3.63, 3.8) is 0 Å². The van der Waals surface area contributed by atoms with Crippen molar-refractivity contribution in [1.29, 1.82) is 0 Å². The molecule has 0 aromatic carbocycles. The third kappa shape index (κ3) is 3.74. The fraction of sp³-hybridized carbons (Fsp3) is 0.733. The van der Waals surface area contributed by atoms with Gasteiger partial charge in [-0.1, -0.05) is 20.8 Å². The lowest BCUT2D eigenvalue weighted by Gasteiger charge is -2.42. The first kappa shape index (κ1) is 14.4. The Bertz CT molecular complexity index is 388. The minimum atomic E-state index is 0.589. The summed E-state index contributed by atoms with van der Waals surface area (Å²) >= 11 is 0. The zero-order chi connectivity index (χ0) is 13.8. The van der Waals surface area contributed by atoms with Crippen LogP contribution in [0.3, 0.4) is 0 Å². The van der Waals surface area contributed by atoms with Crippen molar-refractivity contribution in [3.05, 3.63) is 23.8 Å². The summed E-state index contributed by atoms with van der Waals surface area (Å²) in [6.07, 6.45) is 4.95. The summed E-state index contributed by atoms with van der Waals surface area (Å²) in [4.78, 5) is 11.4. The molecule has 1 saturated heterocycles. The second kappa shape index (κ2) is 6.44. The Hall–Kier alpha value is -1.00. The number of aryl methyl sites for hydroxylation is 1. The molecule has 1 aromatic heterocycles. The van der Waals surface area contributed by atoms with Gasteiger partial charge in [0, 0.05) is 44.1 Å². The zero-order valence-electron chi connectivity index (χ0n) is 12.6. The molecule has 2 heterocycles. The summed E-state index contributed by atoms with van der Waals surface area (Å²) in [6.45, 7) is 11.9. The van der Waals surface area contributed by atoms with E-state index in [1.165, 1.54) is 6.42 Å². The molecule has 2 rings (SSSR count). The van der Waals surface area contributed by atoms with Gasteiger partial charge in [-0.2, -0.15) is 0 Å². The van der Waals surface area contributed by atoms with Crippen LogP contribution in [0.1, 0.15) is 38.6 Å². The molecule has 0 amide bonds. The van der Waals surface area contributed by atoms with Crippen LogP contribution >= 0.6 is 0 Å². The quantitative estimate of drug-likeness (QED) is 0.901. The number of aromatic nitrogens is 2. The van der Waals surface area contributed by atoms with E-state index in [2.05, 4.69) is 41.0 Å². The monoisotopic (exact) mass is 262 g/mol. The van der Waals surface area contributed by atoms with Crippen LogP contribution in [0.4, 0.5) is 0 Å². The second-order valence-corrected chi connectivity index (χ2v) is 5.90. The lowest BCUT2D eigenvalue weighted by atomic mass is 9.97. The van der Waals surface area contributed by atoms with Crippen LogP contribution < -0.4 is 5.32 Å². The summed E-state index contributed by atoms with van der Waals surface area (Å²) in [7, 11) is 0. The smallest absolute Gasteiger partial charge is 0.0727 e. The van der Waals surface area contributed by atoms with E-state index in [4.69, 9.17) is 0 Å². The molecule has 106 valence electrons. The molecule has 4 nitrogen and oxygen atoms in total. The molecular formula is C15H26N4. The van der Waals surface area contributed by atoms with E-state index in [9.17, 15) is 0 Å². The molecule has 1 N–H and O–H groups in total. The van der Waals surface area contributed by atoms with Crippen LogP contribution in [0, 0.1) is 12.8 Å². The Morgan fingerprint density at radius 3 is 2.74 bits per heavy atom. The van der Waals surface area contributed by atoms with Gasteiger partial charge in [-0.05, 0) is 19.3 Å². The van der Waals surface area contributed by atoms with Gasteiger partial charge in [0.2, 0.25) is 0 Å². The predicted octanol–water partition coefficient (Wildman–Crippen LogP) is 1.99. The van der Waals surface area contributed by atoms with Gasteiger partial charge in [0.25, 0.3) is 0 Å². The molecule has 1 aliphatic rings. The third-order valence-electron chi connectivity index (χ3n) is 4.00. The summed E-state index contributed by atoms with van der Waals surface area (Å²) in [5.74, 6) is 0.656. The Labute approximate surface area is 116 Å². The van der Waals surface area contributed by atoms with Crippen molar-refractivity contribution in [2.75, 3.05) is 13.1 Å². The lowest BCUT2D eigenvalue weighted by molar-refractivity contribution is 0.0887. The van der Waals surface area contributed by atoms with E-state index in [-0.39, 0.29) is 0 Å². The highest BCUT2D eigenvalue weighted by Crippen LogP contribution is 2.18. The number of nitrogens with one attached hydrogen (secondary N) is 1. The summed E-state index contributed by atoms with van der Waals surface area (Å²) in [5.41, 5.74) is 2.06. The predicted molar refractivity (Wildman–Crippen MR) is 77.9 cm³/mol. The van der Waals surface area contributed by atoms with Gasteiger partial charge in [0.15, 0.2) is 0 Å². The van der Waals surface area contributed by atoms with Gasteiger partial charge >= 0.3 is 0 Å². The fourth-order valence-electron chi connectivity index (χ4n) is 2.72. The molecule has 0 radical (unpaired) electrons. The van der Waals surface area contributed by atoms with Crippen molar-refractivity contribution >= 4 is 0 Å². The Morgan fingerprint density at radius 1 is 1.37 bits per heavy atom. The Kier molecular flexibility index (Phi) is 4.88. The molecule has 19 heavy (non-hydrogen) atoms. The van der Waals surface area contributed by atoms with Gasteiger partial charge in [-0.15, -0.1) is 0 Å². The fourth-order valence-corrected chi connectivity index (χ4v) is 2.72. The van der Waals surface area contributed by atoms with Gasteiger partial charge in [0.05, 0.1) is 11.4 Å². The SMILES string of the molecule is CCC1CN(Cc2cnc(C)cn2)C(C(C)C)CN1. The van der Waals surface area contributed by atoms with Gasteiger partial charge in [-0.3, -0.25) is 14.9 Å². The number of rotatable bonds is 4. The van der Waals surface area contributed by atoms with Gasteiger partial charge in [0.1, 0.15) is 0 Å². The number of hydrogen-bond acceptors (Lipinski definition) is 4. The van der Waals surface area contributed by atoms with Crippen molar-refractivity contribution in [1.82, 2.24) is 20.2 Å². The van der Waals surface area contributed by atoms with E-state index in [1.807, 2.05) is 19.3 Å². The van der Waals surface area contributed by atoms with E-state index < -0.39 is 0 Å². The first-order chi connectivity index (χ1) is 9.10. The molecule has 1 aliphatic heterocycles. The Morgan fingerprint density at radius 2 is 2.16 bits per heavy atom. The van der Waals surface area contributed by atoms with E-state index in [1.54, 1.807) is 0 Å². The molecule has 0 spiro atoms. The maximum atomic E-state index is 4.49. The summed E-state index contributed by atoms with van der Waals surface area (Å²) < 4.78 is 0. The standard InChI is InChI=1S/C15H26N4/c1-5-13-9-19(15(8-18-13)11(2)3)10-14-7-16-12(4)6-17-14/h6-7,11,13,15,18H,5,8-10H2,1-4H3. The van der Waals surface area contributed by atoms with Crippen LogP contribution in [0.5, 0.6) is 0 Å². The normalized spacial score (nSPS) is 24.9. The molecule has 2 unspecified atom stereocenters. The highest BCUT2D eigenvalue weighted by atomic mass is 15.2. The summed E-state index contributed by atoms with van der Waals surface area (Å²) in [6, 6.07) is 1.19. The molecular weight excluding hydrogens is 236 g/mol. The van der Waals surface area contributed by atoms with Crippen LogP contribution in [0.15, 0.2) is 12.4 Å². The van der Waals surface area contributed by atoms with Crippen molar-refractivity contribution in [3.8, 4) is 0 Å². The third-order valence-corrected chi connectivity index (χ3v) is 4.00. The number of nitrogens with zero attached hydrogens (tertiary/aromatic N) is 3. The van der Waals surface area contributed by atoms with E-state index in [0.717, 1.165) is 31.0 Å². The van der Waals surface area contributed by atoms with Crippen LogP contribution in [0.2, 0.25) is 0 Å². The topological polar surface area (TPSA) is 41.1 Å². The van der Waals surface area contributed by atoms with Crippen LogP contribution in [0.25, 0.3) is 0 Å². The molecule has 4 heteroatoms. The molecule has 1 fully saturated rings. The van der Waals surface area contributed by atoms with Crippen molar-refractivity contribution in [2.24, 2.45) is 5.92 Å². The van der Waals surface area contributed by atoms with Gasteiger partial charge < -0.3 is 5.32 Å². The number of piperazine rings is 1. The highest BCUT2D eigenvalue weighted by Gasteiger charge is 2.29. The van der Waals surface area contributed by atoms with Crippen LogP contribution in [-0.2, 0) is 6.54 Å². The average molecular weight is 262 g/mol. The molecule has 0 saturated carbocycles. The van der Waals surface area contributed by atoms with E-state index >= 15 is 0 Å². The zero-order valence-corrected chi connectivity index (χ0v) is 12.6. The maximum absolute atomic E-state index is 4.49. The summed E-state index contributed by atoms with van der Waals surface area (Å²) in [5, 5.41) is 3.65.